The molecule has 35 heavy (non-hydrogen) atoms. The van der Waals surface area contributed by atoms with Gasteiger partial charge in [-0.15, -0.1) is 11.3 Å². The lowest BCUT2D eigenvalue weighted by atomic mass is 9.81. The molecule has 0 radical (unpaired) electrons. The lowest BCUT2D eigenvalue weighted by molar-refractivity contribution is -0.125. The number of hydrogen-bond acceptors (Lipinski definition) is 5. The van der Waals surface area contributed by atoms with Crippen LogP contribution >= 0.6 is 11.3 Å². The summed E-state index contributed by atoms with van der Waals surface area (Å²) in [4.78, 5) is 29.6. The van der Waals surface area contributed by atoms with E-state index in [9.17, 15) is 14.7 Å². The van der Waals surface area contributed by atoms with Gasteiger partial charge in [-0.3, -0.25) is 4.79 Å². The molecule has 1 aromatic rings. The molecule has 1 heterocycles. The zero-order valence-electron chi connectivity index (χ0n) is 21.3. The Hall–Kier alpha value is -1.70. The molecule has 194 valence electrons. The molecular formula is C28H41NO5S. The van der Waals surface area contributed by atoms with Gasteiger partial charge in [0, 0.05) is 23.4 Å². The van der Waals surface area contributed by atoms with Crippen LogP contribution in [0.4, 0.5) is 5.69 Å². The summed E-state index contributed by atoms with van der Waals surface area (Å²) in [6.07, 6.45) is 14.0. The Labute approximate surface area is 213 Å². The summed E-state index contributed by atoms with van der Waals surface area (Å²) in [5, 5.41) is 10.1. The standard InChI is InChI=1S/C28H41NO5S/c1-3-33-18-34-23-15-13-22(14-16-23)29(27(30)21-11-9-19(2)10-12-21)24-17-25(35-26(24)28(31)32)20-7-5-4-6-8-20/h7,17,19,21-23H,3-6,8-16,18H2,1-2H3,(H,31,32)/t19-,21-,22-,23-. The molecule has 3 aliphatic rings. The number of ether oxygens (including phenoxy) is 2. The number of carboxylic acids is 1. The summed E-state index contributed by atoms with van der Waals surface area (Å²) in [6.45, 7) is 5.15. The van der Waals surface area contributed by atoms with E-state index in [1.54, 1.807) is 0 Å². The van der Waals surface area contributed by atoms with E-state index in [1.807, 2.05) is 17.9 Å². The Balaban J connectivity index is 1.60. The number of aromatic carboxylic acids is 1. The number of hydrogen-bond donors (Lipinski definition) is 1. The van der Waals surface area contributed by atoms with Gasteiger partial charge in [0.1, 0.15) is 11.7 Å². The molecule has 3 aliphatic carbocycles. The van der Waals surface area contributed by atoms with E-state index < -0.39 is 5.97 Å². The predicted octanol–water partition coefficient (Wildman–Crippen LogP) is 6.88. The van der Waals surface area contributed by atoms with Crippen molar-refractivity contribution in [3.63, 3.8) is 0 Å². The maximum Gasteiger partial charge on any atom is 0.348 e. The van der Waals surface area contributed by atoms with E-state index in [1.165, 1.54) is 23.3 Å². The number of rotatable bonds is 9. The average Bonchev–Trinajstić information content (AvgIpc) is 3.32. The second-order valence-corrected chi connectivity index (χ2v) is 11.5. The smallest absolute Gasteiger partial charge is 0.348 e. The van der Waals surface area contributed by atoms with Gasteiger partial charge in [0.25, 0.3) is 0 Å². The van der Waals surface area contributed by atoms with Crippen LogP contribution < -0.4 is 4.90 Å². The Bertz CT molecular complexity index is 893. The van der Waals surface area contributed by atoms with Crippen LogP contribution in [0, 0.1) is 11.8 Å². The van der Waals surface area contributed by atoms with E-state index >= 15 is 0 Å². The van der Waals surface area contributed by atoms with Crippen molar-refractivity contribution in [2.24, 2.45) is 11.8 Å². The number of carboxylic acid groups (broad SMARTS) is 1. The van der Waals surface area contributed by atoms with Crippen LogP contribution in [0.5, 0.6) is 0 Å². The van der Waals surface area contributed by atoms with E-state index in [2.05, 4.69) is 13.0 Å². The molecule has 0 aliphatic heterocycles. The first-order valence-corrected chi connectivity index (χ1v) is 14.4. The second kappa shape index (κ2) is 12.5. The number of allylic oxidation sites excluding steroid dienone is 2. The summed E-state index contributed by atoms with van der Waals surface area (Å²) in [5.41, 5.74) is 1.85. The lowest BCUT2D eigenvalue weighted by Crippen LogP contribution is -2.47. The van der Waals surface area contributed by atoms with Gasteiger partial charge < -0.3 is 19.5 Å². The Morgan fingerprint density at radius 1 is 1.09 bits per heavy atom. The minimum absolute atomic E-state index is 0.00896. The largest absolute Gasteiger partial charge is 0.477 e. The summed E-state index contributed by atoms with van der Waals surface area (Å²) in [6, 6.07) is 2.02. The first kappa shape index (κ1) is 26.4. The molecule has 0 saturated heterocycles. The molecule has 2 fully saturated rings. The normalized spacial score (nSPS) is 27.3. The number of anilines is 1. The average molecular weight is 504 g/mol. The summed E-state index contributed by atoms with van der Waals surface area (Å²) >= 11 is 1.34. The molecule has 6 nitrogen and oxygen atoms in total. The van der Waals surface area contributed by atoms with Crippen LogP contribution in [0.1, 0.15) is 105 Å². The van der Waals surface area contributed by atoms with Crippen LogP contribution in [0.3, 0.4) is 0 Å². The van der Waals surface area contributed by atoms with E-state index in [4.69, 9.17) is 9.47 Å². The van der Waals surface area contributed by atoms with Gasteiger partial charge in [-0.25, -0.2) is 4.79 Å². The number of carbonyl (C=O) groups is 2. The van der Waals surface area contributed by atoms with Gasteiger partial charge in [-0.1, -0.05) is 13.0 Å². The molecular weight excluding hydrogens is 462 g/mol. The van der Waals surface area contributed by atoms with Gasteiger partial charge >= 0.3 is 5.97 Å². The number of carbonyl (C=O) groups excluding carboxylic acids is 1. The molecule has 0 spiro atoms. The summed E-state index contributed by atoms with van der Waals surface area (Å²) in [7, 11) is 0. The van der Waals surface area contributed by atoms with Gasteiger partial charge in [-0.2, -0.15) is 0 Å². The fourth-order valence-corrected chi connectivity index (χ4v) is 6.89. The highest BCUT2D eigenvalue weighted by atomic mass is 32.1. The van der Waals surface area contributed by atoms with E-state index in [-0.39, 0.29) is 24.0 Å². The van der Waals surface area contributed by atoms with Gasteiger partial charge in [0.2, 0.25) is 5.91 Å². The van der Waals surface area contributed by atoms with Crippen molar-refractivity contribution >= 4 is 34.5 Å². The fraction of sp³-hybridized carbons (Fsp3) is 0.714. The molecule has 1 amide bonds. The Morgan fingerprint density at radius 3 is 2.46 bits per heavy atom. The van der Waals surface area contributed by atoms with Crippen molar-refractivity contribution in [3.05, 3.63) is 21.9 Å². The number of amides is 1. The van der Waals surface area contributed by atoms with Crippen molar-refractivity contribution in [1.29, 1.82) is 0 Å². The molecule has 0 aromatic carbocycles. The first-order valence-electron chi connectivity index (χ1n) is 13.6. The van der Waals surface area contributed by atoms with E-state index in [0.717, 1.165) is 75.5 Å². The molecule has 4 rings (SSSR count). The monoisotopic (exact) mass is 503 g/mol. The fourth-order valence-electron chi connectivity index (χ4n) is 5.83. The van der Waals surface area contributed by atoms with Gasteiger partial charge in [0.05, 0.1) is 11.8 Å². The first-order chi connectivity index (χ1) is 17.0. The van der Waals surface area contributed by atoms with Crippen molar-refractivity contribution in [2.75, 3.05) is 18.3 Å². The second-order valence-electron chi connectivity index (χ2n) is 10.5. The van der Waals surface area contributed by atoms with Crippen molar-refractivity contribution in [3.8, 4) is 0 Å². The van der Waals surface area contributed by atoms with Crippen molar-refractivity contribution in [2.45, 2.75) is 103 Å². The Morgan fingerprint density at radius 2 is 1.83 bits per heavy atom. The SMILES string of the molecule is CCOCO[C@H]1CC[C@H](N(c2cc(C3=CCCCC3)sc2C(=O)O)C(=O)[C@H]2CC[C@H](C)CC2)CC1. The minimum atomic E-state index is -0.934. The number of nitrogens with zero attached hydrogens (tertiary/aromatic N) is 1. The summed E-state index contributed by atoms with van der Waals surface area (Å²) < 4.78 is 11.2. The molecule has 0 unspecified atom stereocenters. The zero-order valence-corrected chi connectivity index (χ0v) is 22.1. The predicted molar refractivity (Wildman–Crippen MR) is 140 cm³/mol. The quantitative estimate of drug-likeness (QED) is 0.293. The third-order valence-corrected chi connectivity index (χ3v) is 9.16. The maximum absolute atomic E-state index is 14.0. The third kappa shape index (κ3) is 6.55. The van der Waals surface area contributed by atoms with Crippen LogP contribution in [-0.4, -0.2) is 42.5 Å². The van der Waals surface area contributed by atoms with Crippen LogP contribution in [0.25, 0.3) is 5.57 Å². The highest BCUT2D eigenvalue weighted by Gasteiger charge is 2.37. The van der Waals surface area contributed by atoms with Crippen molar-refractivity contribution < 1.29 is 24.2 Å². The van der Waals surface area contributed by atoms with Crippen LogP contribution in [0.15, 0.2) is 12.1 Å². The third-order valence-electron chi connectivity index (χ3n) is 7.98. The summed E-state index contributed by atoms with van der Waals surface area (Å²) in [5.74, 6) is -0.167. The van der Waals surface area contributed by atoms with Gasteiger partial charge in [0.15, 0.2) is 0 Å². The molecule has 7 heteroatoms. The molecule has 2 saturated carbocycles. The maximum atomic E-state index is 14.0. The number of thiophene rings is 1. The lowest BCUT2D eigenvalue weighted by Gasteiger charge is -2.39. The van der Waals surface area contributed by atoms with E-state index in [0.29, 0.717) is 29.9 Å². The Kier molecular flexibility index (Phi) is 9.42. The molecule has 1 N–H and O–H groups in total. The topological polar surface area (TPSA) is 76.1 Å². The minimum Gasteiger partial charge on any atom is -0.477 e. The van der Waals surface area contributed by atoms with Crippen molar-refractivity contribution in [1.82, 2.24) is 0 Å². The zero-order chi connectivity index (χ0) is 24.8. The highest BCUT2D eigenvalue weighted by molar-refractivity contribution is 7.15. The molecule has 1 aromatic heterocycles. The molecule has 0 atom stereocenters. The molecule has 0 bridgehead atoms. The van der Waals surface area contributed by atoms with Gasteiger partial charge in [-0.05, 0) is 102 Å². The van der Waals surface area contributed by atoms with Crippen LogP contribution in [-0.2, 0) is 14.3 Å². The van der Waals surface area contributed by atoms with Crippen LogP contribution in [0.2, 0.25) is 0 Å². The highest BCUT2D eigenvalue weighted by Crippen LogP contribution is 2.42.